The van der Waals surface area contributed by atoms with Gasteiger partial charge in [0.05, 0.1) is 26.3 Å². The number of anilines is 1. The van der Waals surface area contributed by atoms with E-state index in [1.54, 1.807) is 38.2 Å². The molecule has 3 rings (SSSR count). The van der Waals surface area contributed by atoms with Crippen LogP contribution in [0.15, 0.2) is 47.4 Å². The average molecular weight is 441 g/mol. The van der Waals surface area contributed by atoms with Gasteiger partial charge in [0, 0.05) is 18.7 Å². The molecule has 1 N–H and O–H groups in total. The van der Waals surface area contributed by atoms with Gasteiger partial charge < -0.3 is 4.90 Å². The molecule has 2 aromatic rings. The number of halogens is 2. The van der Waals surface area contributed by atoms with Crippen LogP contribution in [0.25, 0.3) is 5.70 Å². The van der Waals surface area contributed by atoms with Crippen molar-refractivity contribution in [3.05, 3.63) is 63.6 Å². The van der Waals surface area contributed by atoms with Gasteiger partial charge in [0.2, 0.25) is 0 Å². The van der Waals surface area contributed by atoms with Crippen LogP contribution in [0.5, 0.6) is 0 Å². The van der Waals surface area contributed by atoms with Gasteiger partial charge in [0.25, 0.3) is 16.0 Å². The second kappa shape index (κ2) is 7.40. The molecule has 1 atom stereocenters. The van der Waals surface area contributed by atoms with Crippen molar-refractivity contribution in [2.24, 2.45) is 0 Å². The number of hydrogen-bond acceptors (Lipinski definition) is 4. The van der Waals surface area contributed by atoms with Crippen LogP contribution in [0, 0.1) is 6.92 Å². The van der Waals surface area contributed by atoms with Gasteiger partial charge in [-0.2, -0.15) is 8.42 Å². The molecule has 0 saturated heterocycles. The topological polar surface area (TPSA) is 77.9 Å². The molecule has 0 spiro atoms. The van der Waals surface area contributed by atoms with Crippen molar-refractivity contribution in [2.75, 3.05) is 11.9 Å². The van der Waals surface area contributed by atoms with Crippen LogP contribution >= 0.6 is 23.2 Å². The fraction of sp³-hybridized carbons (Fsp3) is 0.211. The Morgan fingerprint density at radius 3 is 2.46 bits per heavy atom. The highest BCUT2D eigenvalue weighted by Crippen LogP contribution is 2.37. The number of rotatable bonds is 3. The van der Waals surface area contributed by atoms with Crippen LogP contribution in [0.4, 0.5) is 5.69 Å². The molecule has 1 aliphatic rings. The fourth-order valence-electron chi connectivity index (χ4n) is 3.15. The van der Waals surface area contributed by atoms with Gasteiger partial charge in [-0.3, -0.25) is 14.2 Å². The third-order valence-corrected chi connectivity index (χ3v) is 6.44. The minimum Gasteiger partial charge on any atom is -0.353 e. The Hall–Kier alpha value is -2.06. The maximum Gasteiger partial charge on any atom is 0.294 e. The number of carbonyl (C=O) groups excluding carboxylic acids is 1. The van der Waals surface area contributed by atoms with Crippen molar-refractivity contribution in [2.45, 2.75) is 24.9 Å². The lowest BCUT2D eigenvalue weighted by Gasteiger charge is -2.41. The van der Waals surface area contributed by atoms with Crippen molar-refractivity contribution in [1.29, 1.82) is 0 Å². The molecule has 0 fully saturated rings. The van der Waals surface area contributed by atoms with E-state index in [0.29, 0.717) is 22.0 Å². The molecule has 6 nitrogen and oxygen atoms in total. The van der Waals surface area contributed by atoms with E-state index in [1.807, 2.05) is 11.8 Å². The van der Waals surface area contributed by atoms with E-state index < -0.39 is 16.3 Å². The van der Waals surface area contributed by atoms with E-state index in [0.717, 1.165) is 5.56 Å². The highest BCUT2D eigenvalue weighted by Gasteiger charge is 2.33. The lowest BCUT2D eigenvalue weighted by molar-refractivity contribution is -0.115. The van der Waals surface area contributed by atoms with Gasteiger partial charge >= 0.3 is 0 Å². The van der Waals surface area contributed by atoms with E-state index in [1.165, 1.54) is 23.1 Å². The van der Waals surface area contributed by atoms with E-state index in [4.69, 9.17) is 23.2 Å². The summed E-state index contributed by atoms with van der Waals surface area (Å²) < 4.78 is 32.4. The van der Waals surface area contributed by atoms with E-state index in [9.17, 15) is 17.8 Å². The molecule has 1 heterocycles. The maximum absolute atomic E-state index is 12.9. The maximum atomic E-state index is 12.9. The van der Waals surface area contributed by atoms with Crippen LogP contribution in [0.2, 0.25) is 10.0 Å². The van der Waals surface area contributed by atoms with Gasteiger partial charge in [-0.15, -0.1) is 0 Å². The molecule has 2 aromatic carbocycles. The summed E-state index contributed by atoms with van der Waals surface area (Å²) >= 11 is 12.4. The molecule has 1 aliphatic heterocycles. The lowest BCUT2D eigenvalue weighted by Crippen LogP contribution is -2.50. The zero-order valence-corrected chi connectivity index (χ0v) is 17.7. The van der Waals surface area contributed by atoms with Gasteiger partial charge in [0.15, 0.2) is 0 Å². The van der Waals surface area contributed by atoms with Crippen LogP contribution < -0.4 is 4.90 Å². The standard InChI is InChI=1S/C19H18Cl2N2O4S/c1-11-7-8-13(28(25,26)27)9-14(11)17-10-18(24)23(12(2)22(17)3)16-6-4-5-15(20)19(16)21/h4-10,12H,1-3H3,(H,25,26,27). The second-order valence-electron chi connectivity index (χ2n) is 6.51. The van der Waals surface area contributed by atoms with E-state index in [2.05, 4.69) is 0 Å². The molecule has 1 unspecified atom stereocenters. The van der Waals surface area contributed by atoms with Crippen molar-refractivity contribution >= 4 is 50.6 Å². The summed E-state index contributed by atoms with van der Waals surface area (Å²) in [7, 11) is -2.58. The molecule has 148 valence electrons. The van der Waals surface area contributed by atoms with Crippen LogP contribution in [-0.2, 0) is 14.9 Å². The Morgan fingerprint density at radius 2 is 1.82 bits per heavy atom. The van der Waals surface area contributed by atoms with Crippen molar-refractivity contribution in [3.8, 4) is 0 Å². The number of amides is 1. The number of nitrogens with zero attached hydrogens (tertiary/aromatic N) is 2. The Bertz CT molecular complexity index is 1100. The molecule has 0 bridgehead atoms. The first kappa shape index (κ1) is 20.7. The van der Waals surface area contributed by atoms with Gasteiger partial charge in [-0.05, 0) is 43.7 Å². The quantitative estimate of drug-likeness (QED) is 0.722. The normalized spacial score (nSPS) is 17.7. The minimum absolute atomic E-state index is 0.234. The zero-order chi connectivity index (χ0) is 20.8. The summed E-state index contributed by atoms with van der Waals surface area (Å²) in [6.07, 6.45) is 0.991. The van der Waals surface area contributed by atoms with Crippen LogP contribution in [-0.4, -0.2) is 37.0 Å². The molecule has 9 heteroatoms. The minimum atomic E-state index is -4.36. The van der Waals surface area contributed by atoms with E-state index >= 15 is 0 Å². The van der Waals surface area contributed by atoms with Crippen molar-refractivity contribution in [3.63, 3.8) is 0 Å². The van der Waals surface area contributed by atoms with Gasteiger partial charge in [-0.25, -0.2) is 0 Å². The molecule has 28 heavy (non-hydrogen) atoms. The summed E-state index contributed by atoms with van der Waals surface area (Å²) in [4.78, 5) is 16.1. The summed E-state index contributed by atoms with van der Waals surface area (Å²) in [5.74, 6) is -0.318. The highest BCUT2D eigenvalue weighted by molar-refractivity contribution is 7.85. The van der Waals surface area contributed by atoms with Crippen molar-refractivity contribution < 1.29 is 17.8 Å². The van der Waals surface area contributed by atoms with E-state index in [-0.39, 0.29) is 15.8 Å². The summed E-state index contributed by atoms with van der Waals surface area (Å²) in [6.45, 7) is 3.62. The Morgan fingerprint density at radius 1 is 1.14 bits per heavy atom. The monoisotopic (exact) mass is 440 g/mol. The number of carbonyl (C=O) groups is 1. The summed E-state index contributed by atoms with van der Waals surface area (Å²) in [5.41, 5.74) is 2.32. The molecule has 0 aliphatic carbocycles. The van der Waals surface area contributed by atoms with Crippen LogP contribution in [0.1, 0.15) is 18.1 Å². The Kier molecular flexibility index (Phi) is 5.46. The first-order chi connectivity index (χ1) is 13.0. The average Bonchev–Trinajstić information content (AvgIpc) is 2.61. The third-order valence-electron chi connectivity index (χ3n) is 4.79. The highest BCUT2D eigenvalue weighted by atomic mass is 35.5. The summed E-state index contributed by atoms with van der Waals surface area (Å²) in [5, 5.41) is 0.618. The fourth-order valence-corrected chi connectivity index (χ4v) is 4.04. The SMILES string of the molecule is Cc1ccc(S(=O)(=O)O)cc1C1=CC(=O)N(c2cccc(Cl)c2Cl)C(C)N1C. The first-order valence-electron chi connectivity index (χ1n) is 8.32. The molecular weight excluding hydrogens is 423 g/mol. The van der Waals surface area contributed by atoms with Crippen molar-refractivity contribution in [1.82, 2.24) is 4.90 Å². The lowest BCUT2D eigenvalue weighted by atomic mass is 10.0. The smallest absolute Gasteiger partial charge is 0.294 e. The predicted octanol–water partition coefficient (Wildman–Crippen LogP) is 4.21. The number of aryl methyl sites for hydroxylation is 1. The second-order valence-corrected chi connectivity index (χ2v) is 8.71. The first-order valence-corrected chi connectivity index (χ1v) is 10.5. The Balaban J connectivity index is 2.12. The Labute approximate surface area is 173 Å². The molecule has 0 aromatic heterocycles. The summed E-state index contributed by atoms with van der Waals surface area (Å²) in [6, 6.07) is 9.32. The number of hydrogen-bond donors (Lipinski definition) is 1. The third kappa shape index (κ3) is 3.63. The van der Waals surface area contributed by atoms with Crippen LogP contribution in [0.3, 0.4) is 0 Å². The predicted molar refractivity (Wildman–Crippen MR) is 110 cm³/mol. The molecule has 0 saturated carbocycles. The van der Waals surface area contributed by atoms with Gasteiger partial charge in [0.1, 0.15) is 6.17 Å². The largest absolute Gasteiger partial charge is 0.353 e. The number of benzene rings is 2. The molecular formula is C19H18Cl2N2O4S. The molecule has 0 radical (unpaired) electrons. The van der Waals surface area contributed by atoms with Gasteiger partial charge in [-0.1, -0.05) is 35.3 Å². The molecule has 1 amide bonds. The zero-order valence-electron chi connectivity index (χ0n) is 15.3.